The van der Waals surface area contributed by atoms with Crippen LogP contribution in [0.5, 0.6) is 0 Å². The van der Waals surface area contributed by atoms with Crippen molar-refractivity contribution in [1.29, 1.82) is 0 Å². The molecule has 2 heterocycles. The first-order chi connectivity index (χ1) is 15.7. The lowest BCUT2D eigenvalue weighted by atomic mass is 10.1. The molecule has 1 amide bonds. The van der Waals surface area contributed by atoms with Crippen LogP contribution in [-0.2, 0) is 4.79 Å². The fourth-order valence-corrected chi connectivity index (χ4v) is 3.71. The molecule has 8 nitrogen and oxygen atoms in total. The van der Waals surface area contributed by atoms with E-state index >= 15 is 0 Å². The number of nitrogens with zero attached hydrogens (tertiary/aromatic N) is 5. The zero-order valence-corrected chi connectivity index (χ0v) is 19.7. The van der Waals surface area contributed by atoms with E-state index in [9.17, 15) is 9.59 Å². The predicted molar refractivity (Wildman–Crippen MR) is 135 cm³/mol. The molecule has 0 saturated carbocycles. The van der Waals surface area contributed by atoms with Crippen LogP contribution in [-0.4, -0.2) is 49.6 Å². The molecule has 0 radical (unpaired) electrons. The van der Waals surface area contributed by atoms with Gasteiger partial charge in [-0.25, -0.2) is 4.68 Å². The van der Waals surface area contributed by atoms with Gasteiger partial charge in [0.15, 0.2) is 0 Å². The monoisotopic (exact) mass is 444 g/mol. The Balaban J connectivity index is 1.66. The third kappa shape index (κ3) is 4.07. The standard InChI is InChI=1S/C25H28N6O2/c1-16-22(24(32)30(26-16)20-11-7-18(8-12-20)28(3)4)15-23-17(2)27-31(25(23)33)21-13-9-19(10-14-21)29(5)6/h7-15,26H,1-6H3. The van der Waals surface area contributed by atoms with Gasteiger partial charge in [0.1, 0.15) is 0 Å². The zero-order chi connectivity index (χ0) is 23.9. The van der Waals surface area contributed by atoms with Gasteiger partial charge in [0.25, 0.3) is 11.5 Å². The first kappa shape index (κ1) is 22.1. The van der Waals surface area contributed by atoms with E-state index < -0.39 is 0 Å². The molecule has 0 bridgehead atoms. The maximum Gasteiger partial charge on any atom is 0.280 e. The molecule has 0 aliphatic carbocycles. The van der Waals surface area contributed by atoms with Gasteiger partial charge in [0, 0.05) is 45.3 Å². The van der Waals surface area contributed by atoms with Crippen LogP contribution in [0, 0.1) is 6.92 Å². The minimum atomic E-state index is -0.257. The normalized spacial score (nSPS) is 14.7. The number of anilines is 3. The molecule has 1 N–H and O–H groups in total. The van der Waals surface area contributed by atoms with E-state index in [1.165, 1.54) is 9.69 Å². The molecule has 170 valence electrons. The molecule has 1 aliphatic heterocycles. The average Bonchev–Trinajstić information content (AvgIpc) is 3.24. The summed E-state index contributed by atoms with van der Waals surface area (Å²) in [4.78, 5) is 30.3. The lowest BCUT2D eigenvalue weighted by molar-refractivity contribution is -0.114. The van der Waals surface area contributed by atoms with Gasteiger partial charge >= 0.3 is 0 Å². The summed E-state index contributed by atoms with van der Waals surface area (Å²) < 4.78 is 1.49. The third-order valence-electron chi connectivity index (χ3n) is 5.70. The van der Waals surface area contributed by atoms with Crippen molar-refractivity contribution in [3.05, 3.63) is 75.7 Å². The molecule has 1 aromatic heterocycles. The number of aromatic amines is 1. The first-order valence-electron chi connectivity index (χ1n) is 10.7. The number of carbonyl (C=O) groups excluding carboxylic acids is 1. The van der Waals surface area contributed by atoms with Crippen LogP contribution in [0.4, 0.5) is 17.1 Å². The van der Waals surface area contributed by atoms with Crippen molar-refractivity contribution < 1.29 is 4.79 Å². The Labute approximate surface area is 193 Å². The second kappa shape index (κ2) is 8.46. The van der Waals surface area contributed by atoms with Crippen molar-refractivity contribution in [1.82, 2.24) is 9.78 Å². The fraction of sp³-hybridized carbons (Fsp3) is 0.240. The summed E-state index contributed by atoms with van der Waals surface area (Å²) in [6.07, 6.45) is 1.63. The van der Waals surface area contributed by atoms with E-state index in [1.54, 1.807) is 13.0 Å². The number of H-pyrrole nitrogens is 1. The molecule has 33 heavy (non-hydrogen) atoms. The summed E-state index contributed by atoms with van der Waals surface area (Å²) in [5.74, 6) is -0.257. The number of nitrogens with one attached hydrogen (secondary N) is 1. The number of hydrazone groups is 1. The largest absolute Gasteiger partial charge is 0.378 e. The molecule has 0 spiro atoms. The summed E-state index contributed by atoms with van der Waals surface area (Å²) in [6.45, 7) is 3.60. The predicted octanol–water partition coefficient (Wildman–Crippen LogP) is 3.41. The maximum absolute atomic E-state index is 13.2. The van der Waals surface area contributed by atoms with Crippen molar-refractivity contribution in [2.24, 2.45) is 5.10 Å². The second-order valence-corrected chi connectivity index (χ2v) is 8.47. The summed E-state index contributed by atoms with van der Waals surface area (Å²) in [5, 5.41) is 8.93. The van der Waals surface area contributed by atoms with Crippen molar-refractivity contribution in [2.45, 2.75) is 13.8 Å². The van der Waals surface area contributed by atoms with Gasteiger partial charge in [0.05, 0.1) is 28.2 Å². The SMILES string of the molecule is CC1=NN(c2ccc(N(C)C)cc2)C(=O)C1=Cc1c(C)[nH]n(-c2ccc(N(C)C)cc2)c1=O. The molecule has 4 rings (SSSR count). The Hall–Kier alpha value is -4.07. The van der Waals surface area contributed by atoms with Gasteiger partial charge in [-0.05, 0) is 68.5 Å². The molecule has 1 aliphatic rings. The fourth-order valence-electron chi connectivity index (χ4n) is 3.71. The number of aryl methyl sites for hydroxylation is 1. The topological polar surface area (TPSA) is 76.9 Å². The van der Waals surface area contributed by atoms with Crippen LogP contribution >= 0.6 is 0 Å². The minimum absolute atomic E-state index is 0.216. The van der Waals surface area contributed by atoms with Crippen molar-refractivity contribution in [3.8, 4) is 5.69 Å². The molecule has 8 heteroatoms. The maximum atomic E-state index is 13.2. The molecule has 0 fully saturated rings. The van der Waals surface area contributed by atoms with Gasteiger partial charge in [-0.1, -0.05) is 0 Å². The number of benzene rings is 2. The lowest BCUT2D eigenvalue weighted by Gasteiger charge is -2.15. The third-order valence-corrected chi connectivity index (χ3v) is 5.70. The van der Waals surface area contributed by atoms with E-state index in [0.717, 1.165) is 17.1 Å². The van der Waals surface area contributed by atoms with Crippen LogP contribution in [0.25, 0.3) is 11.8 Å². The highest BCUT2D eigenvalue weighted by Crippen LogP contribution is 2.27. The summed E-state index contributed by atoms with van der Waals surface area (Å²) in [5.41, 5.74) is 5.35. The number of rotatable bonds is 5. The van der Waals surface area contributed by atoms with E-state index in [0.29, 0.717) is 28.2 Å². The minimum Gasteiger partial charge on any atom is -0.378 e. The Morgan fingerprint density at radius 3 is 1.85 bits per heavy atom. The number of amides is 1. The molecular formula is C25H28N6O2. The van der Waals surface area contributed by atoms with Crippen molar-refractivity contribution in [2.75, 3.05) is 43.0 Å². The molecule has 0 atom stereocenters. The first-order valence-corrected chi connectivity index (χ1v) is 10.7. The number of hydrogen-bond donors (Lipinski definition) is 1. The van der Waals surface area contributed by atoms with E-state index in [4.69, 9.17) is 0 Å². The molecule has 2 aromatic carbocycles. The van der Waals surface area contributed by atoms with Crippen molar-refractivity contribution in [3.63, 3.8) is 0 Å². The summed E-state index contributed by atoms with van der Waals surface area (Å²) in [6, 6.07) is 15.3. The lowest BCUT2D eigenvalue weighted by Crippen LogP contribution is -2.22. The number of aromatic nitrogens is 2. The Morgan fingerprint density at radius 2 is 1.33 bits per heavy atom. The highest BCUT2D eigenvalue weighted by Gasteiger charge is 2.29. The van der Waals surface area contributed by atoms with E-state index in [-0.39, 0.29) is 11.5 Å². The number of carbonyl (C=O) groups is 1. The molecule has 3 aromatic rings. The molecule has 0 saturated heterocycles. The van der Waals surface area contributed by atoms with E-state index in [2.05, 4.69) is 10.2 Å². The number of hydrogen-bond acceptors (Lipinski definition) is 5. The molecular weight excluding hydrogens is 416 g/mol. The summed E-state index contributed by atoms with van der Waals surface area (Å²) in [7, 11) is 7.85. The highest BCUT2D eigenvalue weighted by atomic mass is 16.2. The highest BCUT2D eigenvalue weighted by molar-refractivity contribution is 6.32. The van der Waals surface area contributed by atoms with Gasteiger partial charge < -0.3 is 9.80 Å². The van der Waals surface area contributed by atoms with Crippen molar-refractivity contribution >= 4 is 34.8 Å². The Morgan fingerprint density at radius 1 is 0.818 bits per heavy atom. The van der Waals surface area contributed by atoms with Crippen LogP contribution in [0.2, 0.25) is 0 Å². The van der Waals surface area contributed by atoms with Crippen LogP contribution < -0.4 is 20.4 Å². The van der Waals surface area contributed by atoms with Gasteiger partial charge in [-0.3, -0.25) is 14.7 Å². The van der Waals surface area contributed by atoms with Gasteiger partial charge in [0.2, 0.25) is 0 Å². The Bertz CT molecular complexity index is 1310. The van der Waals surface area contributed by atoms with Gasteiger partial charge in [-0.15, -0.1) is 0 Å². The average molecular weight is 445 g/mol. The molecule has 0 unspecified atom stereocenters. The zero-order valence-electron chi connectivity index (χ0n) is 19.7. The van der Waals surface area contributed by atoms with Gasteiger partial charge in [-0.2, -0.15) is 10.1 Å². The Kier molecular flexibility index (Phi) is 5.68. The van der Waals surface area contributed by atoms with Crippen LogP contribution in [0.15, 0.2) is 64.0 Å². The smallest absolute Gasteiger partial charge is 0.280 e. The summed E-state index contributed by atoms with van der Waals surface area (Å²) >= 11 is 0. The quantitative estimate of drug-likeness (QED) is 0.612. The van der Waals surface area contributed by atoms with Crippen LogP contribution in [0.3, 0.4) is 0 Å². The van der Waals surface area contributed by atoms with Crippen LogP contribution in [0.1, 0.15) is 18.2 Å². The second-order valence-electron chi connectivity index (χ2n) is 8.47. The van der Waals surface area contributed by atoms with E-state index in [1.807, 2.05) is 93.4 Å².